The topological polar surface area (TPSA) is 18.5 Å². The fourth-order valence-electron chi connectivity index (χ4n) is 14.3. The van der Waals surface area contributed by atoms with Gasteiger partial charge in [0.25, 0.3) is 0 Å². The van der Waals surface area contributed by atoms with E-state index in [0.29, 0.717) is 24.7 Å². The van der Waals surface area contributed by atoms with Crippen LogP contribution in [0.15, 0.2) is 0 Å². The summed E-state index contributed by atoms with van der Waals surface area (Å²) < 4.78 is 39.7. The van der Waals surface area contributed by atoms with Crippen LogP contribution in [0.3, 0.4) is 0 Å². The predicted octanol–water partition coefficient (Wildman–Crippen LogP) is 10.5. The number of nitrogens with zero attached hydrogens (tertiary/aromatic N) is 2. The second kappa shape index (κ2) is 15.3. The normalized spacial score (nSPS) is 44.4. The summed E-state index contributed by atoms with van der Waals surface area (Å²) in [5, 5.41) is 3.88. The van der Waals surface area contributed by atoms with Gasteiger partial charge in [0.05, 0.1) is 5.92 Å². The zero-order chi connectivity index (χ0) is 32.7. The molecule has 6 aliphatic carbocycles. The lowest BCUT2D eigenvalue weighted by Gasteiger charge is -2.50. The molecule has 0 aromatic heterocycles. The summed E-state index contributed by atoms with van der Waals surface area (Å²) in [4.78, 5) is 6.40. The zero-order valence-electron chi connectivity index (χ0n) is 30.3. The van der Waals surface area contributed by atoms with Crippen LogP contribution in [0, 0.1) is 41.4 Å². The van der Waals surface area contributed by atoms with Crippen molar-refractivity contribution < 1.29 is 13.2 Å². The summed E-state index contributed by atoms with van der Waals surface area (Å²) in [6.45, 7) is 2.48. The van der Waals surface area contributed by atoms with Gasteiger partial charge in [-0.2, -0.15) is 13.2 Å². The Morgan fingerprint density at radius 2 is 0.979 bits per heavy atom. The van der Waals surface area contributed by atoms with E-state index in [4.69, 9.17) is 0 Å². The minimum atomic E-state index is -3.98. The summed E-state index contributed by atoms with van der Waals surface area (Å²) in [6.07, 6.45) is 29.8. The maximum atomic E-state index is 13.2. The largest absolute Gasteiger partial charge is 0.391 e. The summed E-state index contributed by atoms with van der Waals surface area (Å²) in [6, 6.07) is 5.05. The van der Waals surface area contributed by atoms with Crippen LogP contribution in [-0.4, -0.2) is 65.3 Å². The van der Waals surface area contributed by atoms with Crippen LogP contribution in [0.1, 0.15) is 167 Å². The predicted molar refractivity (Wildman–Crippen MR) is 190 cm³/mol. The molecule has 3 nitrogen and oxygen atoms in total. The molecule has 2 heterocycles. The smallest absolute Gasteiger partial charge is 0.316 e. The lowest BCUT2D eigenvalue weighted by atomic mass is 9.65. The Morgan fingerprint density at radius 3 is 1.52 bits per heavy atom. The van der Waals surface area contributed by atoms with Crippen LogP contribution in [0.25, 0.3) is 0 Å². The van der Waals surface area contributed by atoms with Gasteiger partial charge in [-0.1, -0.05) is 38.5 Å². The average molecular weight is 674 g/mol. The summed E-state index contributed by atoms with van der Waals surface area (Å²) >= 11 is 0. The number of rotatable bonds is 6. The number of halogens is 3. The van der Waals surface area contributed by atoms with Crippen LogP contribution < -0.4 is 5.32 Å². The number of alkyl halides is 3. The Kier molecular flexibility index (Phi) is 11.1. The molecule has 5 atom stereocenters. The van der Waals surface area contributed by atoms with E-state index in [1.165, 1.54) is 154 Å². The molecule has 2 saturated heterocycles. The molecular weight excluding hydrogens is 603 g/mol. The lowest BCUT2D eigenvalue weighted by molar-refractivity contribution is -0.185. The van der Waals surface area contributed by atoms with Crippen LogP contribution in [0.4, 0.5) is 13.2 Å². The molecule has 0 amide bonds. The third kappa shape index (κ3) is 7.31. The minimum absolute atomic E-state index is 0.383. The Labute approximate surface area is 291 Å². The third-order valence-electron chi connectivity index (χ3n) is 16.6. The van der Waals surface area contributed by atoms with Gasteiger partial charge in [-0.25, -0.2) is 0 Å². The molecule has 8 fully saturated rings. The highest BCUT2D eigenvalue weighted by molar-refractivity contribution is 5.09. The molecule has 0 spiro atoms. The first-order valence-electron chi connectivity index (χ1n) is 21.8. The average Bonchev–Trinajstić information content (AvgIpc) is 3.46. The Bertz CT molecular complexity index is 980. The standard InChI is InChI=1S/C42H70F3N3/c43-42(44,45)33-19-15-31(16-20-33)29-11-13-30(14-12-29)32-17-21-36(22-18-32)48-40-24-23-37(27-38(40)39-28-46-26-25-41(39)48)47(34-7-3-1-4-8-34)35-9-5-2-6-10-35/h29-41,46H,1-28H2. The van der Waals surface area contributed by atoms with E-state index >= 15 is 0 Å². The van der Waals surface area contributed by atoms with Crippen molar-refractivity contribution in [3.8, 4) is 0 Å². The molecule has 0 bridgehead atoms. The molecule has 0 aromatic rings. The summed E-state index contributed by atoms with van der Waals surface area (Å²) in [7, 11) is 0. The van der Waals surface area contributed by atoms with Crippen molar-refractivity contribution >= 4 is 0 Å². The van der Waals surface area contributed by atoms with Crippen molar-refractivity contribution in [1.29, 1.82) is 0 Å². The summed E-state index contributed by atoms with van der Waals surface area (Å²) in [5.41, 5.74) is 0. The highest BCUT2D eigenvalue weighted by atomic mass is 19.4. The van der Waals surface area contributed by atoms with Gasteiger partial charge in [-0.05, 0) is 177 Å². The van der Waals surface area contributed by atoms with Crippen molar-refractivity contribution in [2.45, 2.75) is 209 Å². The number of hydrogen-bond acceptors (Lipinski definition) is 3. The number of likely N-dealkylation sites (tertiary alicyclic amines) is 1. The zero-order valence-corrected chi connectivity index (χ0v) is 30.3. The molecule has 6 saturated carbocycles. The molecule has 1 N–H and O–H groups in total. The maximum Gasteiger partial charge on any atom is 0.391 e. The highest BCUT2D eigenvalue weighted by Crippen LogP contribution is 2.52. The first-order valence-corrected chi connectivity index (χ1v) is 21.8. The Hall–Kier alpha value is -0.330. The third-order valence-corrected chi connectivity index (χ3v) is 16.6. The number of hydrogen-bond donors (Lipinski definition) is 1. The molecule has 8 aliphatic rings. The van der Waals surface area contributed by atoms with E-state index in [0.717, 1.165) is 72.8 Å². The van der Waals surface area contributed by atoms with Crippen LogP contribution in [-0.2, 0) is 0 Å². The SMILES string of the molecule is FC(F)(F)C1CCC(C2CCC(C3CCC(N4C5CCNCC5C5CC(N(C6CCCCC6)C6CCCCC6)CCC54)CC3)CC2)CC1. The molecule has 0 aromatic carbocycles. The summed E-state index contributed by atoms with van der Waals surface area (Å²) in [5.74, 6) is 3.79. The van der Waals surface area contributed by atoms with E-state index in [2.05, 4.69) is 15.1 Å². The molecular formula is C42H70F3N3. The van der Waals surface area contributed by atoms with E-state index in [1.54, 1.807) is 0 Å². The molecule has 274 valence electrons. The molecule has 0 radical (unpaired) electrons. The molecule has 5 unspecified atom stereocenters. The minimum Gasteiger partial charge on any atom is -0.316 e. The Balaban J connectivity index is 0.865. The Morgan fingerprint density at radius 1 is 0.479 bits per heavy atom. The van der Waals surface area contributed by atoms with Crippen molar-refractivity contribution in [1.82, 2.24) is 15.1 Å². The van der Waals surface area contributed by atoms with Crippen LogP contribution in [0.2, 0.25) is 0 Å². The van der Waals surface area contributed by atoms with Gasteiger partial charge in [0, 0.05) is 36.3 Å². The van der Waals surface area contributed by atoms with Gasteiger partial charge >= 0.3 is 6.18 Å². The van der Waals surface area contributed by atoms with Gasteiger partial charge in [-0.15, -0.1) is 0 Å². The van der Waals surface area contributed by atoms with Crippen molar-refractivity contribution in [2.75, 3.05) is 13.1 Å². The first kappa shape index (κ1) is 34.7. The second-order valence-electron chi connectivity index (χ2n) is 18.8. The van der Waals surface area contributed by atoms with E-state index in [1.807, 2.05) is 0 Å². The van der Waals surface area contributed by atoms with Gasteiger partial charge in [0.15, 0.2) is 0 Å². The van der Waals surface area contributed by atoms with E-state index < -0.39 is 12.1 Å². The number of piperidine rings is 1. The van der Waals surface area contributed by atoms with Crippen molar-refractivity contribution in [2.24, 2.45) is 41.4 Å². The van der Waals surface area contributed by atoms with Crippen molar-refractivity contribution in [3.63, 3.8) is 0 Å². The molecule has 6 heteroatoms. The maximum absolute atomic E-state index is 13.2. The van der Waals surface area contributed by atoms with Crippen LogP contribution in [0.5, 0.6) is 0 Å². The fraction of sp³-hybridized carbons (Fsp3) is 1.00. The van der Waals surface area contributed by atoms with Gasteiger partial charge in [0.1, 0.15) is 0 Å². The van der Waals surface area contributed by atoms with Gasteiger partial charge in [-0.3, -0.25) is 9.80 Å². The van der Waals surface area contributed by atoms with Gasteiger partial charge < -0.3 is 5.32 Å². The molecule has 8 rings (SSSR count). The highest BCUT2D eigenvalue weighted by Gasteiger charge is 2.54. The van der Waals surface area contributed by atoms with E-state index in [-0.39, 0.29) is 0 Å². The second-order valence-corrected chi connectivity index (χ2v) is 18.8. The van der Waals surface area contributed by atoms with Crippen LogP contribution >= 0.6 is 0 Å². The number of fused-ring (bicyclic) bond motifs is 3. The fourth-order valence-corrected chi connectivity index (χ4v) is 14.3. The van der Waals surface area contributed by atoms with E-state index in [9.17, 15) is 13.2 Å². The first-order chi connectivity index (χ1) is 23.4. The quantitative estimate of drug-likeness (QED) is 0.303. The lowest BCUT2D eigenvalue weighted by Crippen LogP contribution is -2.55. The van der Waals surface area contributed by atoms with Crippen molar-refractivity contribution in [3.05, 3.63) is 0 Å². The molecule has 2 aliphatic heterocycles. The molecule has 48 heavy (non-hydrogen) atoms. The monoisotopic (exact) mass is 674 g/mol. The number of nitrogens with one attached hydrogen (secondary N) is 1. The van der Waals surface area contributed by atoms with Gasteiger partial charge in [0.2, 0.25) is 0 Å².